The number of carbonyl (C=O) groups is 2. The van der Waals surface area contributed by atoms with Gasteiger partial charge in [-0.2, -0.15) is 5.10 Å². The molecule has 3 aromatic heterocycles. The van der Waals surface area contributed by atoms with Crippen molar-refractivity contribution < 1.29 is 18.7 Å². The lowest BCUT2D eigenvalue weighted by atomic mass is 9.83. The van der Waals surface area contributed by atoms with E-state index in [1.165, 1.54) is 6.42 Å². The van der Waals surface area contributed by atoms with E-state index in [0.29, 0.717) is 23.8 Å². The maximum atomic E-state index is 12.8. The lowest BCUT2D eigenvalue weighted by Gasteiger charge is -2.29. The molecule has 9 heteroatoms. The number of hydrogen-bond acceptors (Lipinski definition) is 6. The van der Waals surface area contributed by atoms with Gasteiger partial charge in [-0.3, -0.25) is 14.3 Å². The van der Waals surface area contributed by atoms with Crippen molar-refractivity contribution in [1.82, 2.24) is 25.4 Å². The molecule has 3 heterocycles. The molecule has 1 atom stereocenters. The monoisotopic (exact) mass is 451 g/mol. The van der Waals surface area contributed by atoms with Crippen LogP contribution in [0.4, 0.5) is 0 Å². The van der Waals surface area contributed by atoms with Crippen molar-refractivity contribution in [3.8, 4) is 17.2 Å². The first kappa shape index (κ1) is 22.6. The minimum atomic E-state index is -0.565. The SMILES string of the molecule is CNC(=O)C(NC(=O)c1ccc(-c2ccc(OCc3ccnn3C)cn2)o1)C1CCCCC1. The van der Waals surface area contributed by atoms with Gasteiger partial charge in [0.15, 0.2) is 11.5 Å². The first-order valence-electron chi connectivity index (χ1n) is 11.2. The van der Waals surface area contributed by atoms with Crippen LogP contribution in [0.5, 0.6) is 5.75 Å². The lowest BCUT2D eigenvalue weighted by Crippen LogP contribution is -2.50. The van der Waals surface area contributed by atoms with Gasteiger partial charge in [0.05, 0.1) is 11.9 Å². The van der Waals surface area contributed by atoms with Crippen LogP contribution in [0.3, 0.4) is 0 Å². The van der Waals surface area contributed by atoms with Crippen molar-refractivity contribution in [3.05, 3.63) is 54.2 Å². The van der Waals surface area contributed by atoms with Crippen LogP contribution in [0.25, 0.3) is 11.5 Å². The highest BCUT2D eigenvalue weighted by molar-refractivity contribution is 5.96. The minimum absolute atomic E-state index is 0.137. The fourth-order valence-corrected chi connectivity index (χ4v) is 4.14. The van der Waals surface area contributed by atoms with Gasteiger partial charge in [0, 0.05) is 20.3 Å². The number of carbonyl (C=O) groups excluding carboxylic acids is 2. The van der Waals surface area contributed by atoms with Crippen LogP contribution < -0.4 is 15.4 Å². The van der Waals surface area contributed by atoms with Crippen molar-refractivity contribution in [1.29, 1.82) is 0 Å². The second kappa shape index (κ2) is 10.3. The van der Waals surface area contributed by atoms with Gasteiger partial charge in [-0.25, -0.2) is 4.98 Å². The van der Waals surface area contributed by atoms with E-state index in [1.807, 2.05) is 13.1 Å². The van der Waals surface area contributed by atoms with Gasteiger partial charge >= 0.3 is 0 Å². The molecular formula is C24H29N5O4. The summed E-state index contributed by atoms with van der Waals surface area (Å²) in [5, 5.41) is 9.65. The number of amides is 2. The average Bonchev–Trinajstić information content (AvgIpc) is 3.51. The number of aryl methyl sites for hydroxylation is 1. The summed E-state index contributed by atoms with van der Waals surface area (Å²) in [6, 6.07) is 8.19. The second-order valence-electron chi connectivity index (χ2n) is 8.24. The number of hydrogen-bond donors (Lipinski definition) is 2. The molecule has 0 radical (unpaired) electrons. The Morgan fingerprint density at radius 1 is 1.18 bits per heavy atom. The molecule has 1 aliphatic rings. The first-order chi connectivity index (χ1) is 16.0. The Bertz CT molecular complexity index is 1080. The van der Waals surface area contributed by atoms with Crippen LogP contribution in [0.2, 0.25) is 0 Å². The molecule has 174 valence electrons. The van der Waals surface area contributed by atoms with Gasteiger partial charge in [-0.15, -0.1) is 0 Å². The molecule has 4 rings (SSSR count). The maximum absolute atomic E-state index is 12.8. The van der Waals surface area contributed by atoms with Crippen molar-refractivity contribution in [2.45, 2.75) is 44.8 Å². The predicted octanol–water partition coefficient (Wildman–Crippen LogP) is 3.08. The third-order valence-corrected chi connectivity index (χ3v) is 6.06. The smallest absolute Gasteiger partial charge is 0.287 e. The minimum Gasteiger partial charge on any atom is -0.486 e. The molecule has 0 aliphatic heterocycles. The van der Waals surface area contributed by atoms with Gasteiger partial charge in [-0.05, 0) is 49.1 Å². The summed E-state index contributed by atoms with van der Waals surface area (Å²) in [6.07, 6.45) is 8.52. The largest absolute Gasteiger partial charge is 0.486 e. The van der Waals surface area contributed by atoms with Crippen LogP contribution >= 0.6 is 0 Å². The van der Waals surface area contributed by atoms with Crippen molar-refractivity contribution in [2.24, 2.45) is 13.0 Å². The van der Waals surface area contributed by atoms with E-state index in [-0.39, 0.29) is 17.6 Å². The fraction of sp³-hybridized carbons (Fsp3) is 0.417. The Hall–Kier alpha value is -3.62. The zero-order valence-electron chi connectivity index (χ0n) is 18.9. The Kier molecular flexibility index (Phi) is 7.07. The number of furan rings is 1. The molecule has 0 spiro atoms. The summed E-state index contributed by atoms with van der Waals surface area (Å²) in [5.74, 6) is 0.783. The molecule has 1 fully saturated rings. The standard InChI is InChI=1S/C24H29N5O4/c1-25-24(31)22(16-6-4-3-5-7-16)28-23(30)21-11-10-20(33-21)19-9-8-18(14-26-19)32-15-17-12-13-27-29(17)2/h8-14,16,22H,3-7,15H2,1-2H3,(H,25,31)(H,28,30). The Balaban J connectivity index is 1.39. The molecule has 3 aromatic rings. The number of ether oxygens (including phenoxy) is 1. The van der Waals surface area contributed by atoms with Gasteiger partial charge in [0.2, 0.25) is 5.91 Å². The highest BCUT2D eigenvalue weighted by Gasteiger charge is 2.31. The van der Waals surface area contributed by atoms with Crippen LogP contribution in [0, 0.1) is 5.92 Å². The van der Waals surface area contributed by atoms with Crippen molar-refractivity contribution >= 4 is 11.8 Å². The van der Waals surface area contributed by atoms with Crippen LogP contribution in [-0.4, -0.2) is 39.7 Å². The molecule has 2 N–H and O–H groups in total. The van der Waals surface area contributed by atoms with E-state index in [9.17, 15) is 9.59 Å². The van der Waals surface area contributed by atoms with Crippen LogP contribution in [-0.2, 0) is 18.4 Å². The van der Waals surface area contributed by atoms with E-state index in [4.69, 9.17) is 9.15 Å². The lowest BCUT2D eigenvalue weighted by molar-refractivity contribution is -0.124. The van der Waals surface area contributed by atoms with E-state index >= 15 is 0 Å². The summed E-state index contributed by atoms with van der Waals surface area (Å²) in [5.41, 5.74) is 1.53. The summed E-state index contributed by atoms with van der Waals surface area (Å²) < 4.78 is 13.2. The third kappa shape index (κ3) is 5.42. The predicted molar refractivity (Wildman–Crippen MR) is 121 cm³/mol. The summed E-state index contributed by atoms with van der Waals surface area (Å²) in [4.78, 5) is 29.6. The fourth-order valence-electron chi connectivity index (χ4n) is 4.14. The summed E-state index contributed by atoms with van der Waals surface area (Å²) >= 11 is 0. The summed E-state index contributed by atoms with van der Waals surface area (Å²) in [6.45, 7) is 0.385. The molecule has 0 bridgehead atoms. The first-order valence-corrected chi connectivity index (χ1v) is 11.2. The molecule has 2 amide bonds. The van der Waals surface area contributed by atoms with Gasteiger partial charge in [0.1, 0.15) is 24.1 Å². The van der Waals surface area contributed by atoms with Gasteiger partial charge in [0.25, 0.3) is 5.91 Å². The van der Waals surface area contributed by atoms with Crippen LogP contribution in [0.15, 0.2) is 47.1 Å². The molecular weight excluding hydrogens is 422 g/mol. The van der Waals surface area contributed by atoms with E-state index in [1.54, 1.807) is 48.4 Å². The third-order valence-electron chi connectivity index (χ3n) is 6.06. The normalized spacial score (nSPS) is 15.1. The van der Waals surface area contributed by atoms with E-state index in [2.05, 4.69) is 20.7 Å². The Morgan fingerprint density at radius 3 is 2.67 bits per heavy atom. The molecule has 0 aromatic carbocycles. The van der Waals surface area contributed by atoms with Crippen molar-refractivity contribution in [3.63, 3.8) is 0 Å². The Labute approximate surface area is 192 Å². The number of likely N-dealkylation sites (N-methyl/N-ethyl adjacent to an activating group) is 1. The zero-order valence-corrected chi connectivity index (χ0v) is 18.9. The topological polar surface area (TPSA) is 111 Å². The number of aromatic nitrogens is 3. The van der Waals surface area contributed by atoms with Crippen molar-refractivity contribution in [2.75, 3.05) is 7.05 Å². The summed E-state index contributed by atoms with van der Waals surface area (Å²) in [7, 11) is 3.45. The van der Waals surface area contributed by atoms with Crippen LogP contribution in [0.1, 0.15) is 48.4 Å². The number of nitrogens with zero attached hydrogens (tertiary/aromatic N) is 3. The van der Waals surface area contributed by atoms with E-state index < -0.39 is 11.9 Å². The van der Waals surface area contributed by atoms with Gasteiger partial charge in [-0.1, -0.05) is 19.3 Å². The van der Waals surface area contributed by atoms with E-state index in [0.717, 1.165) is 31.4 Å². The molecule has 1 saturated carbocycles. The molecule has 0 saturated heterocycles. The van der Waals surface area contributed by atoms with Gasteiger partial charge < -0.3 is 19.8 Å². The Morgan fingerprint density at radius 2 is 2.00 bits per heavy atom. The number of nitrogens with one attached hydrogen (secondary N) is 2. The quantitative estimate of drug-likeness (QED) is 0.544. The average molecular weight is 452 g/mol. The highest BCUT2D eigenvalue weighted by atomic mass is 16.5. The zero-order chi connectivity index (χ0) is 23.2. The highest BCUT2D eigenvalue weighted by Crippen LogP contribution is 2.27. The molecule has 1 aliphatic carbocycles. The molecule has 33 heavy (non-hydrogen) atoms. The molecule has 1 unspecified atom stereocenters. The number of rotatable bonds is 8. The second-order valence-corrected chi connectivity index (χ2v) is 8.24. The molecule has 9 nitrogen and oxygen atoms in total. The maximum Gasteiger partial charge on any atom is 0.287 e. The number of pyridine rings is 1.